The first-order valence-electron chi connectivity index (χ1n) is 6.19. The van der Waals surface area contributed by atoms with Gasteiger partial charge in [-0.15, -0.1) is 0 Å². The first kappa shape index (κ1) is 9.87. The van der Waals surface area contributed by atoms with E-state index in [9.17, 15) is 0 Å². The van der Waals surface area contributed by atoms with E-state index in [0.717, 1.165) is 30.1 Å². The van der Waals surface area contributed by atoms with Gasteiger partial charge in [0.25, 0.3) is 0 Å². The number of piperidine rings is 1. The van der Waals surface area contributed by atoms with Crippen molar-refractivity contribution in [1.29, 1.82) is 0 Å². The summed E-state index contributed by atoms with van der Waals surface area (Å²) in [5.74, 6) is 2.94. The minimum atomic E-state index is 0.731. The first-order chi connectivity index (χ1) is 7.86. The summed E-state index contributed by atoms with van der Waals surface area (Å²) in [6, 6.07) is 2.80. The third kappa shape index (κ3) is 1.62. The van der Waals surface area contributed by atoms with E-state index >= 15 is 0 Å². The van der Waals surface area contributed by atoms with Crippen molar-refractivity contribution in [3.63, 3.8) is 0 Å². The minimum Gasteiger partial charge on any atom is -0.370 e. The number of nitrogens with one attached hydrogen (secondary N) is 1. The van der Waals surface area contributed by atoms with Crippen LogP contribution in [0.3, 0.4) is 0 Å². The quantitative estimate of drug-likeness (QED) is 0.841. The summed E-state index contributed by atoms with van der Waals surface area (Å²) in [4.78, 5) is 11.1. The number of anilines is 2. The fourth-order valence-corrected chi connectivity index (χ4v) is 2.99. The van der Waals surface area contributed by atoms with E-state index in [1.165, 1.54) is 25.8 Å². The van der Waals surface area contributed by atoms with Crippen molar-refractivity contribution in [1.82, 2.24) is 9.97 Å². The Balaban J connectivity index is 1.81. The zero-order valence-corrected chi connectivity index (χ0v) is 9.69. The normalized spacial score (nSPS) is 27.4. The standard InChI is InChI=1S/C12H18N4/c1-2-13-11-6-12(15-8-14-11)16-7-9-3-4-10(16)5-9/h6,8-10H,2-5,7H2,1H3,(H,13,14,15). The number of hydrogen-bond acceptors (Lipinski definition) is 4. The van der Waals surface area contributed by atoms with Crippen molar-refractivity contribution in [2.24, 2.45) is 5.92 Å². The van der Waals surface area contributed by atoms with Gasteiger partial charge in [-0.3, -0.25) is 0 Å². The largest absolute Gasteiger partial charge is 0.370 e. The van der Waals surface area contributed by atoms with Crippen molar-refractivity contribution in [3.05, 3.63) is 12.4 Å². The van der Waals surface area contributed by atoms with Crippen LogP contribution in [-0.4, -0.2) is 29.1 Å². The van der Waals surface area contributed by atoms with Crippen LogP contribution >= 0.6 is 0 Å². The Bertz CT molecular complexity index is 379. The minimum absolute atomic E-state index is 0.731. The Morgan fingerprint density at radius 2 is 2.38 bits per heavy atom. The molecule has 0 aromatic carbocycles. The van der Waals surface area contributed by atoms with Crippen LogP contribution in [0.5, 0.6) is 0 Å². The lowest BCUT2D eigenvalue weighted by Gasteiger charge is -2.28. The molecule has 1 saturated heterocycles. The van der Waals surface area contributed by atoms with E-state index in [1.54, 1.807) is 6.33 Å². The van der Waals surface area contributed by atoms with Gasteiger partial charge in [-0.1, -0.05) is 0 Å². The van der Waals surface area contributed by atoms with Gasteiger partial charge in [-0.2, -0.15) is 0 Å². The third-order valence-electron chi connectivity index (χ3n) is 3.71. The summed E-state index contributed by atoms with van der Waals surface area (Å²) < 4.78 is 0. The molecule has 0 radical (unpaired) electrons. The first-order valence-corrected chi connectivity index (χ1v) is 6.19. The predicted molar refractivity (Wildman–Crippen MR) is 64.7 cm³/mol. The molecule has 86 valence electrons. The molecule has 1 aliphatic carbocycles. The van der Waals surface area contributed by atoms with E-state index in [1.807, 2.05) is 0 Å². The second kappa shape index (κ2) is 3.92. The Kier molecular flexibility index (Phi) is 2.42. The Hall–Kier alpha value is -1.32. The lowest BCUT2D eigenvalue weighted by molar-refractivity contribution is 0.550. The molecule has 2 bridgehead atoms. The van der Waals surface area contributed by atoms with Crippen LogP contribution in [0.2, 0.25) is 0 Å². The molecule has 0 amide bonds. The Morgan fingerprint density at radius 1 is 1.44 bits per heavy atom. The monoisotopic (exact) mass is 218 g/mol. The highest BCUT2D eigenvalue weighted by atomic mass is 15.3. The number of nitrogens with zero attached hydrogens (tertiary/aromatic N) is 3. The van der Waals surface area contributed by atoms with Gasteiger partial charge in [0.2, 0.25) is 0 Å². The molecule has 2 aliphatic rings. The van der Waals surface area contributed by atoms with E-state index in [0.29, 0.717) is 0 Å². The van der Waals surface area contributed by atoms with Crippen LogP contribution in [-0.2, 0) is 0 Å². The molecule has 2 atom stereocenters. The molecule has 4 nitrogen and oxygen atoms in total. The maximum Gasteiger partial charge on any atom is 0.134 e. The lowest BCUT2D eigenvalue weighted by atomic mass is 10.1. The molecule has 1 aromatic heterocycles. The van der Waals surface area contributed by atoms with Crippen molar-refractivity contribution in [2.75, 3.05) is 23.3 Å². The van der Waals surface area contributed by atoms with Crippen molar-refractivity contribution >= 4 is 11.6 Å². The molecule has 1 saturated carbocycles. The smallest absolute Gasteiger partial charge is 0.134 e. The van der Waals surface area contributed by atoms with Gasteiger partial charge in [-0.25, -0.2) is 9.97 Å². The number of rotatable bonds is 3. The van der Waals surface area contributed by atoms with Gasteiger partial charge < -0.3 is 10.2 Å². The second-order valence-electron chi connectivity index (χ2n) is 4.78. The summed E-state index contributed by atoms with van der Waals surface area (Å²) in [7, 11) is 0. The number of hydrogen-bond donors (Lipinski definition) is 1. The molecule has 16 heavy (non-hydrogen) atoms. The lowest BCUT2D eigenvalue weighted by Crippen LogP contribution is -2.32. The SMILES string of the molecule is CCNc1cc(N2CC3CCC2C3)ncn1. The molecule has 1 aliphatic heterocycles. The van der Waals surface area contributed by atoms with Gasteiger partial charge >= 0.3 is 0 Å². The fourth-order valence-electron chi connectivity index (χ4n) is 2.99. The van der Waals surface area contributed by atoms with Gasteiger partial charge in [-0.05, 0) is 32.1 Å². The molecule has 4 heteroatoms. The van der Waals surface area contributed by atoms with Crippen molar-refractivity contribution < 1.29 is 0 Å². The molecule has 2 unspecified atom stereocenters. The van der Waals surface area contributed by atoms with E-state index in [2.05, 4.69) is 33.2 Å². The van der Waals surface area contributed by atoms with Crippen molar-refractivity contribution in [3.8, 4) is 0 Å². The van der Waals surface area contributed by atoms with Crippen LogP contribution in [0.15, 0.2) is 12.4 Å². The van der Waals surface area contributed by atoms with E-state index in [4.69, 9.17) is 0 Å². The highest BCUT2D eigenvalue weighted by Crippen LogP contribution is 2.39. The molecule has 3 rings (SSSR count). The maximum absolute atomic E-state index is 4.40. The number of fused-ring (bicyclic) bond motifs is 2. The summed E-state index contributed by atoms with van der Waals surface area (Å²) in [6.07, 6.45) is 5.78. The van der Waals surface area contributed by atoms with Crippen LogP contribution in [0.1, 0.15) is 26.2 Å². The summed E-state index contributed by atoms with van der Waals surface area (Å²) in [5, 5.41) is 3.24. The van der Waals surface area contributed by atoms with Crippen LogP contribution in [0, 0.1) is 5.92 Å². The second-order valence-corrected chi connectivity index (χ2v) is 4.78. The summed E-state index contributed by atoms with van der Waals surface area (Å²) in [5.41, 5.74) is 0. The molecule has 2 heterocycles. The van der Waals surface area contributed by atoms with Crippen LogP contribution in [0.25, 0.3) is 0 Å². The predicted octanol–water partition coefficient (Wildman–Crippen LogP) is 1.90. The van der Waals surface area contributed by atoms with Crippen LogP contribution in [0.4, 0.5) is 11.6 Å². The van der Waals surface area contributed by atoms with Crippen LogP contribution < -0.4 is 10.2 Å². The number of aromatic nitrogens is 2. The highest BCUT2D eigenvalue weighted by molar-refractivity contribution is 5.50. The van der Waals surface area contributed by atoms with E-state index < -0.39 is 0 Å². The van der Waals surface area contributed by atoms with Gasteiger partial charge in [0.05, 0.1) is 0 Å². The van der Waals surface area contributed by atoms with Gasteiger partial charge in [0, 0.05) is 25.2 Å². The Labute approximate surface area is 96.1 Å². The molecule has 1 aromatic rings. The molecule has 1 N–H and O–H groups in total. The molecular weight excluding hydrogens is 200 g/mol. The molecular formula is C12H18N4. The fraction of sp³-hybridized carbons (Fsp3) is 0.667. The van der Waals surface area contributed by atoms with Gasteiger partial charge in [0.1, 0.15) is 18.0 Å². The third-order valence-corrected chi connectivity index (χ3v) is 3.71. The average Bonchev–Trinajstić information content (AvgIpc) is 2.91. The zero-order chi connectivity index (χ0) is 11.0. The summed E-state index contributed by atoms with van der Waals surface area (Å²) >= 11 is 0. The van der Waals surface area contributed by atoms with Gasteiger partial charge in [0.15, 0.2) is 0 Å². The molecule has 0 spiro atoms. The van der Waals surface area contributed by atoms with E-state index in [-0.39, 0.29) is 0 Å². The maximum atomic E-state index is 4.40. The topological polar surface area (TPSA) is 41.0 Å². The van der Waals surface area contributed by atoms with Crippen molar-refractivity contribution in [2.45, 2.75) is 32.2 Å². The zero-order valence-electron chi connectivity index (χ0n) is 9.69. The highest BCUT2D eigenvalue weighted by Gasteiger charge is 2.38. The average molecular weight is 218 g/mol. The molecule has 2 fully saturated rings. The Morgan fingerprint density at radius 3 is 3.06 bits per heavy atom. The summed E-state index contributed by atoms with van der Waals surface area (Å²) in [6.45, 7) is 4.18.